The number of hydrogen-bond acceptors (Lipinski definition) is 2. The Labute approximate surface area is 157 Å². The van der Waals surface area contributed by atoms with Gasteiger partial charge >= 0.3 is 0 Å². The van der Waals surface area contributed by atoms with Gasteiger partial charge in [0.2, 0.25) is 11.8 Å². The van der Waals surface area contributed by atoms with Crippen molar-refractivity contribution in [1.29, 1.82) is 0 Å². The van der Waals surface area contributed by atoms with Gasteiger partial charge in [0.05, 0.1) is 21.8 Å². The zero-order chi connectivity index (χ0) is 18.4. The topological polar surface area (TPSA) is 49.4 Å². The Morgan fingerprint density at radius 1 is 1.04 bits per heavy atom. The molecule has 2 aromatic rings. The molecule has 0 aliphatic carbocycles. The summed E-state index contributed by atoms with van der Waals surface area (Å²) in [5.41, 5.74) is 1.41. The fraction of sp³-hybridized carbons (Fsp3) is 0.263. The van der Waals surface area contributed by atoms with Gasteiger partial charge in [0.25, 0.3) is 0 Å². The lowest BCUT2D eigenvalue weighted by Gasteiger charge is -2.28. The summed E-state index contributed by atoms with van der Waals surface area (Å²) in [5.74, 6) is -0.332. The van der Waals surface area contributed by atoms with Crippen LogP contribution in [-0.4, -0.2) is 23.3 Å². The number of nitrogens with zero attached hydrogens (tertiary/aromatic N) is 1. The summed E-state index contributed by atoms with van der Waals surface area (Å²) >= 11 is 12.1. The van der Waals surface area contributed by atoms with Crippen molar-refractivity contribution in [2.45, 2.75) is 26.3 Å². The van der Waals surface area contributed by atoms with E-state index in [4.69, 9.17) is 23.2 Å². The van der Waals surface area contributed by atoms with Crippen LogP contribution in [0.2, 0.25) is 10.0 Å². The molecule has 4 nitrogen and oxygen atoms in total. The van der Waals surface area contributed by atoms with Crippen LogP contribution >= 0.6 is 23.2 Å². The molecule has 1 N–H and O–H groups in total. The molecule has 6 heteroatoms. The second-order valence-electron chi connectivity index (χ2n) is 5.69. The summed E-state index contributed by atoms with van der Waals surface area (Å²) in [6, 6.07) is 14.6. The molecule has 2 aromatic carbocycles. The minimum Gasteiger partial charge on any atom is -0.336 e. The monoisotopic (exact) mass is 378 g/mol. The minimum absolute atomic E-state index is 0.0834. The number of para-hydroxylation sites is 1. The SMILES string of the molecule is CC(=O)N(CCC(=O)Nc1c(Cl)cccc1Cl)C(C)c1ccccc1. The number of hydrogen-bond donors (Lipinski definition) is 1. The smallest absolute Gasteiger partial charge is 0.226 e. The number of benzene rings is 2. The maximum atomic E-state index is 12.2. The first-order valence-corrected chi connectivity index (χ1v) is 8.71. The van der Waals surface area contributed by atoms with E-state index in [9.17, 15) is 9.59 Å². The summed E-state index contributed by atoms with van der Waals surface area (Å²) in [7, 11) is 0. The largest absolute Gasteiger partial charge is 0.336 e. The molecular weight excluding hydrogens is 359 g/mol. The van der Waals surface area contributed by atoms with Gasteiger partial charge in [-0.15, -0.1) is 0 Å². The maximum Gasteiger partial charge on any atom is 0.226 e. The van der Waals surface area contributed by atoms with Crippen LogP contribution in [0.5, 0.6) is 0 Å². The van der Waals surface area contributed by atoms with E-state index in [1.165, 1.54) is 6.92 Å². The van der Waals surface area contributed by atoms with E-state index in [-0.39, 0.29) is 24.3 Å². The fourth-order valence-electron chi connectivity index (χ4n) is 2.58. The van der Waals surface area contributed by atoms with Gasteiger partial charge in [0.15, 0.2) is 0 Å². The highest BCUT2D eigenvalue weighted by Gasteiger charge is 2.19. The molecule has 2 rings (SSSR count). The van der Waals surface area contributed by atoms with Crippen molar-refractivity contribution in [3.8, 4) is 0 Å². The van der Waals surface area contributed by atoms with Crippen LogP contribution in [-0.2, 0) is 9.59 Å². The van der Waals surface area contributed by atoms with Gasteiger partial charge < -0.3 is 10.2 Å². The van der Waals surface area contributed by atoms with E-state index in [1.807, 2.05) is 37.3 Å². The molecule has 0 saturated carbocycles. The van der Waals surface area contributed by atoms with E-state index in [1.54, 1.807) is 23.1 Å². The van der Waals surface area contributed by atoms with E-state index in [0.29, 0.717) is 22.3 Å². The van der Waals surface area contributed by atoms with Crippen LogP contribution in [0, 0.1) is 0 Å². The normalized spacial score (nSPS) is 11.7. The number of amides is 2. The van der Waals surface area contributed by atoms with Gasteiger partial charge in [-0.2, -0.15) is 0 Å². The molecule has 25 heavy (non-hydrogen) atoms. The van der Waals surface area contributed by atoms with Gasteiger partial charge in [-0.3, -0.25) is 9.59 Å². The van der Waals surface area contributed by atoms with Gasteiger partial charge in [-0.1, -0.05) is 59.6 Å². The number of carbonyl (C=O) groups excluding carboxylic acids is 2. The lowest BCUT2D eigenvalue weighted by molar-refractivity contribution is -0.131. The Bertz CT molecular complexity index is 730. The van der Waals surface area contributed by atoms with Crippen molar-refractivity contribution >= 4 is 40.7 Å². The number of nitrogens with one attached hydrogen (secondary N) is 1. The molecule has 0 spiro atoms. The molecule has 0 aliphatic rings. The summed E-state index contributed by atoms with van der Waals surface area (Å²) in [6.07, 6.45) is 0.151. The van der Waals surface area contributed by atoms with Crippen LogP contribution in [0.3, 0.4) is 0 Å². The Kier molecular flexibility index (Phi) is 6.85. The second kappa shape index (κ2) is 8.88. The van der Waals surface area contributed by atoms with Crippen LogP contribution < -0.4 is 5.32 Å². The number of anilines is 1. The minimum atomic E-state index is -0.249. The maximum absolute atomic E-state index is 12.2. The quantitative estimate of drug-likeness (QED) is 0.774. The average molecular weight is 379 g/mol. The predicted molar refractivity (Wildman–Crippen MR) is 102 cm³/mol. The van der Waals surface area contributed by atoms with E-state index in [0.717, 1.165) is 5.56 Å². The van der Waals surface area contributed by atoms with Crippen molar-refractivity contribution < 1.29 is 9.59 Å². The van der Waals surface area contributed by atoms with Crippen molar-refractivity contribution in [1.82, 2.24) is 4.90 Å². The molecule has 0 bridgehead atoms. The van der Waals surface area contributed by atoms with Crippen LogP contribution in [0.15, 0.2) is 48.5 Å². The highest BCUT2D eigenvalue weighted by Crippen LogP contribution is 2.30. The first-order valence-electron chi connectivity index (χ1n) is 7.96. The zero-order valence-electron chi connectivity index (χ0n) is 14.1. The summed E-state index contributed by atoms with van der Waals surface area (Å²) in [6.45, 7) is 3.75. The Balaban J connectivity index is 2.01. The summed E-state index contributed by atoms with van der Waals surface area (Å²) in [5, 5.41) is 3.46. The summed E-state index contributed by atoms with van der Waals surface area (Å²) in [4.78, 5) is 25.9. The lowest BCUT2D eigenvalue weighted by Crippen LogP contribution is -2.34. The Morgan fingerprint density at radius 3 is 2.20 bits per heavy atom. The molecule has 1 atom stereocenters. The molecule has 0 fully saturated rings. The first kappa shape index (κ1) is 19.3. The van der Waals surface area contributed by atoms with E-state index >= 15 is 0 Å². The molecule has 0 aromatic heterocycles. The standard InChI is InChI=1S/C19H20Cl2N2O2/c1-13(15-7-4-3-5-8-15)23(14(2)24)12-11-18(25)22-19-16(20)9-6-10-17(19)21/h3-10,13H,11-12H2,1-2H3,(H,22,25). The number of rotatable bonds is 6. The van der Waals surface area contributed by atoms with Crippen molar-refractivity contribution in [3.63, 3.8) is 0 Å². The van der Waals surface area contributed by atoms with Crippen molar-refractivity contribution in [3.05, 3.63) is 64.1 Å². The van der Waals surface area contributed by atoms with Crippen molar-refractivity contribution in [2.75, 3.05) is 11.9 Å². The van der Waals surface area contributed by atoms with Crippen LogP contribution in [0.25, 0.3) is 0 Å². The Morgan fingerprint density at radius 2 is 1.64 bits per heavy atom. The molecule has 0 heterocycles. The molecular formula is C19H20Cl2N2O2. The van der Waals surface area contributed by atoms with Gasteiger partial charge in [0, 0.05) is 19.9 Å². The fourth-order valence-corrected chi connectivity index (χ4v) is 3.07. The van der Waals surface area contributed by atoms with Crippen LogP contribution in [0.4, 0.5) is 5.69 Å². The summed E-state index contributed by atoms with van der Waals surface area (Å²) < 4.78 is 0. The molecule has 0 aliphatic heterocycles. The second-order valence-corrected chi connectivity index (χ2v) is 6.51. The first-order chi connectivity index (χ1) is 11.9. The average Bonchev–Trinajstić information content (AvgIpc) is 2.59. The Hall–Kier alpha value is -2.04. The lowest BCUT2D eigenvalue weighted by atomic mass is 10.1. The third kappa shape index (κ3) is 5.21. The molecule has 0 saturated heterocycles. The molecule has 1 unspecified atom stereocenters. The van der Waals surface area contributed by atoms with Gasteiger partial charge in [0.1, 0.15) is 0 Å². The van der Waals surface area contributed by atoms with Gasteiger partial charge in [-0.05, 0) is 24.6 Å². The van der Waals surface area contributed by atoms with E-state index < -0.39 is 0 Å². The number of carbonyl (C=O) groups is 2. The molecule has 2 amide bonds. The van der Waals surface area contributed by atoms with Crippen LogP contribution in [0.1, 0.15) is 31.9 Å². The highest BCUT2D eigenvalue weighted by atomic mass is 35.5. The number of halogens is 2. The highest BCUT2D eigenvalue weighted by molar-refractivity contribution is 6.39. The van der Waals surface area contributed by atoms with Gasteiger partial charge in [-0.25, -0.2) is 0 Å². The third-order valence-corrected chi connectivity index (χ3v) is 4.59. The molecule has 132 valence electrons. The zero-order valence-corrected chi connectivity index (χ0v) is 15.6. The predicted octanol–water partition coefficient (Wildman–Crippen LogP) is 4.93. The molecule has 0 radical (unpaired) electrons. The van der Waals surface area contributed by atoms with E-state index in [2.05, 4.69) is 5.32 Å². The van der Waals surface area contributed by atoms with Crippen molar-refractivity contribution in [2.24, 2.45) is 0 Å². The third-order valence-electron chi connectivity index (χ3n) is 3.96.